The average molecular weight is 223 g/mol. The standard InChI is InChI=1S/C13H25N3/c1-6-14-9-7-8-13-11(4)15-16(10(2)3)12(13)5/h10,14H,6-9H2,1-5H3. The molecule has 0 atom stereocenters. The third-order valence-electron chi connectivity index (χ3n) is 2.99. The molecule has 0 aliphatic heterocycles. The first-order chi connectivity index (χ1) is 7.57. The summed E-state index contributed by atoms with van der Waals surface area (Å²) in [6, 6.07) is 0.459. The molecule has 0 bridgehead atoms. The molecule has 0 aliphatic carbocycles. The highest BCUT2D eigenvalue weighted by atomic mass is 15.3. The maximum Gasteiger partial charge on any atom is 0.0628 e. The Bertz CT molecular complexity index is 326. The van der Waals surface area contributed by atoms with Crippen LogP contribution in [0.4, 0.5) is 0 Å². The molecule has 0 aromatic carbocycles. The molecule has 0 unspecified atom stereocenters. The van der Waals surface area contributed by atoms with Crippen LogP contribution in [0.2, 0.25) is 0 Å². The SMILES string of the molecule is CCNCCCc1c(C)nn(C(C)C)c1C. The van der Waals surface area contributed by atoms with Crippen LogP contribution in [-0.4, -0.2) is 22.9 Å². The van der Waals surface area contributed by atoms with Gasteiger partial charge >= 0.3 is 0 Å². The molecule has 1 rings (SSSR count). The van der Waals surface area contributed by atoms with Crippen molar-refractivity contribution in [2.45, 2.75) is 53.5 Å². The number of rotatable bonds is 6. The molecule has 0 saturated carbocycles. The Labute approximate surface area is 99.2 Å². The van der Waals surface area contributed by atoms with E-state index in [-0.39, 0.29) is 0 Å². The highest BCUT2D eigenvalue weighted by Gasteiger charge is 2.12. The molecule has 1 aromatic rings. The van der Waals surface area contributed by atoms with Gasteiger partial charge < -0.3 is 5.32 Å². The Morgan fingerprint density at radius 1 is 1.31 bits per heavy atom. The van der Waals surface area contributed by atoms with Crippen LogP contribution < -0.4 is 5.32 Å². The molecule has 92 valence electrons. The quantitative estimate of drug-likeness (QED) is 0.751. The van der Waals surface area contributed by atoms with Crippen LogP contribution in [0.3, 0.4) is 0 Å². The molecule has 0 spiro atoms. The number of hydrogen-bond acceptors (Lipinski definition) is 2. The minimum absolute atomic E-state index is 0.459. The van der Waals surface area contributed by atoms with E-state index in [4.69, 9.17) is 0 Å². The van der Waals surface area contributed by atoms with Gasteiger partial charge in [0.2, 0.25) is 0 Å². The summed E-state index contributed by atoms with van der Waals surface area (Å²) < 4.78 is 2.14. The van der Waals surface area contributed by atoms with Crippen molar-refractivity contribution in [1.82, 2.24) is 15.1 Å². The number of aryl methyl sites for hydroxylation is 1. The molecule has 0 amide bonds. The molecule has 0 radical (unpaired) electrons. The number of aromatic nitrogens is 2. The first kappa shape index (κ1) is 13.2. The second-order valence-electron chi connectivity index (χ2n) is 4.64. The number of nitrogens with zero attached hydrogens (tertiary/aromatic N) is 2. The maximum absolute atomic E-state index is 4.60. The van der Waals surface area contributed by atoms with Gasteiger partial charge in [0.05, 0.1) is 5.69 Å². The summed E-state index contributed by atoms with van der Waals surface area (Å²) in [5, 5.41) is 7.96. The van der Waals surface area contributed by atoms with E-state index in [9.17, 15) is 0 Å². The first-order valence-electron chi connectivity index (χ1n) is 6.33. The first-order valence-corrected chi connectivity index (χ1v) is 6.33. The van der Waals surface area contributed by atoms with Crippen LogP contribution in [-0.2, 0) is 6.42 Å². The van der Waals surface area contributed by atoms with Gasteiger partial charge in [-0.1, -0.05) is 6.92 Å². The van der Waals surface area contributed by atoms with Gasteiger partial charge in [0.25, 0.3) is 0 Å². The highest BCUT2D eigenvalue weighted by Crippen LogP contribution is 2.18. The summed E-state index contributed by atoms with van der Waals surface area (Å²) in [5.41, 5.74) is 3.97. The molecule has 3 heteroatoms. The summed E-state index contributed by atoms with van der Waals surface area (Å²) in [6.07, 6.45) is 2.33. The van der Waals surface area contributed by atoms with Gasteiger partial charge in [-0.15, -0.1) is 0 Å². The average Bonchev–Trinajstić information content (AvgIpc) is 2.51. The summed E-state index contributed by atoms with van der Waals surface area (Å²) >= 11 is 0. The lowest BCUT2D eigenvalue weighted by molar-refractivity contribution is 0.515. The van der Waals surface area contributed by atoms with Gasteiger partial charge in [-0.2, -0.15) is 5.10 Å². The van der Waals surface area contributed by atoms with Gasteiger partial charge in [0.1, 0.15) is 0 Å². The van der Waals surface area contributed by atoms with Gasteiger partial charge in [-0.05, 0) is 59.2 Å². The molecular formula is C13H25N3. The number of nitrogens with one attached hydrogen (secondary N) is 1. The van der Waals surface area contributed by atoms with Gasteiger partial charge in [0.15, 0.2) is 0 Å². The van der Waals surface area contributed by atoms with E-state index in [1.807, 2.05) is 0 Å². The van der Waals surface area contributed by atoms with Crippen LogP contribution in [0.5, 0.6) is 0 Å². The fourth-order valence-corrected chi connectivity index (χ4v) is 2.13. The third kappa shape index (κ3) is 3.08. The van der Waals surface area contributed by atoms with Crippen molar-refractivity contribution in [3.63, 3.8) is 0 Å². The van der Waals surface area contributed by atoms with Crippen LogP contribution >= 0.6 is 0 Å². The summed E-state index contributed by atoms with van der Waals surface area (Å²) in [6.45, 7) is 13.0. The van der Waals surface area contributed by atoms with Crippen LogP contribution in [0.15, 0.2) is 0 Å². The molecule has 0 saturated heterocycles. The van der Waals surface area contributed by atoms with E-state index in [2.05, 4.69) is 49.7 Å². The van der Waals surface area contributed by atoms with E-state index < -0.39 is 0 Å². The maximum atomic E-state index is 4.60. The zero-order valence-electron chi connectivity index (χ0n) is 11.3. The Morgan fingerprint density at radius 3 is 2.50 bits per heavy atom. The lowest BCUT2D eigenvalue weighted by atomic mass is 10.1. The van der Waals surface area contributed by atoms with E-state index in [0.29, 0.717) is 6.04 Å². The Balaban J connectivity index is 2.65. The minimum atomic E-state index is 0.459. The van der Waals surface area contributed by atoms with E-state index in [1.54, 1.807) is 0 Å². The largest absolute Gasteiger partial charge is 0.317 e. The molecule has 0 fully saturated rings. The lowest BCUT2D eigenvalue weighted by Gasteiger charge is -2.08. The molecule has 3 nitrogen and oxygen atoms in total. The van der Waals surface area contributed by atoms with Gasteiger partial charge in [0, 0.05) is 11.7 Å². The lowest BCUT2D eigenvalue weighted by Crippen LogP contribution is -2.14. The molecular weight excluding hydrogens is 198 g/mol. The summed E-state index contributed by atoms with van der Waals surface area (Å²) in [5.74, 6) is 0. The van der Waals surface area contributed by atoms with E-state index in [1.165, 1.54) is 23.4 Å². The minimum Gasteiger partial charge on any atom is -0.317 e. The van der Waals surface area contributed by atoms with E-state index >= 15 is 0 Å². The topological polar surface area (TPSA) is 29.9 Å². The van der Waals surface area contributed by atoms with Crippen molar-refractivity contribution in [2.75, 3.05) is 13.1 Å². The fourth-order valence-electron chi connectivity index (χ4n) is 2.13. The smallest absolute Gasteiger partial charge is 0.0628 e. The van der Waals surface area contributed by atoms with Crippen LogP contribution in [0, 0.1) is 13.8 Å². The predicted octanol–water partition coefficient (Wildman–Crippen LogP) is 2.62. The van der Waals surface area contributed by atoms with Crippen molar-refractivity contribution in [1.29, 1.82) is 0 Å². The Morgan fingerprint density at radius 2 is 2.00 bits per heavy atom. The van der Waals surface area contributed by atoms with Crippen LogP contribution in [0.25, 0.3) is 0 Å². The van der Waals surface area contributed by atoms with Gasteiger partial charge in [-0.3, -0.25) is 4.68 Å². The molecule has 16 heavy (non-hydrogen) atoms. The third-order valence-corrected chi connectivity index (χ3v) is 2.99. The zero-order valence-corrected chi connectivity index (χ0v) is 11.3. The molecule has 0 aliphatic rings. The van der Waals surface area contributed by atoms with Crippen molar-refractivity contribution in [3.05, 3.63) is 17.0 Å². The van der Waals surface area contributed by atoms with Gasteiger partial charge in [-0.25, -0.2) is 0 Å². The Kier molecular flexibility index (Phi) is 5.00. The van der Waals surface area contributed by atoms with Crippen molar-refractivity contribution in [2.24, 2.45) is 0 Å². The highest BCUT2D eigenvalue weighted by molar-refractivity contribution is 5.25. The van der Waals surface area contributed by atoms with Crippen molar-refractivity contribution < 1.29 is 0 Å². The van der Waals surface area contributed by atoms with Crippen molar-refractivity contribution >= 4 is 0 Å². The molecule has 1 heterocycles. The second-order valence-corrected chi connectivity index (χ2v) is 4.64. The summed E-state index contributed by atoms with van der Waals surface area (Å²) in [7, 11) is 0. The molecule has 1 aromatic heterocycles. The number of hydrogen-bond donors (Lipinski definition) is 1. The fraction of sp³-hybridized carbons (Fsp3) is 0.769. The predicted molar refractivity (Wildman–Crippen MR) is 69.0 cm³/mol. The molecule has 1 N–H and O–H groups in total. The Hall–Kier alpha value is -0.830. The second kappa shape index (κ2) is 6.04. The normalized spacial score (nSPS) is 11.4. The zero-order chi connectivity index (χ0) is 12.1. The van der Waals surface area contributed by atoms with Crippen molar-refractivity contribution in [3.8, 4) is 0 Å². The van der Waals surface area contributed by atoms with E-state index in [0.717, 1.165) is 19.5 Å². The van der Waals surface area contributed by atoms with Crippen LogP contribution in [0.1, 0.15) is 50.2 Å². The summed E-state index contributed by atoms with van der Waals surface area (Å²) in [4.78, 5) is 0. The monoisotopic (exact) mass is 223 g/mol.